The molecule has 0 heterocycles. The maximum atomic E-state index is 12.0. The van der Waals surface area contributed by atoms with E-state index in [1.807, 2.05) is 0 Å². The van der Waals surface area contributed by atoms with Gasteiger partial charge in [-0.3, -0.25) is 4.79 Å². The lowest BCUT2D eigenvalue weighted by atomic mass is 10.1. The molecule has 0 bridgehead atoms. The molecule has 5 heteroatoms. The lowest BCUT2D eigenvalue weighted by Crippen LogP contribution is -2.11. The van der Waals surface area contributed by atoms with Gasteiger partial charge in [0, 0.05) is 17.1 Å². The summed E-state index contributed by atoms with van der Waals surface area (Å²) in [6, 6.07) is 11.5. The van der Waals surface area contributed by atoms with Crippen LogP contribution in [0, 0.1) is 0 Å². The fourth-order valence-corrected chi connectivity index (χ4v) is 1.89. The molecule has 0 aliphatic heterocycles. The SMILES string of the molecule is O=C(Nc1ccc(O)c(Cl)c1)c1ccc(CCl)cc1. The lowest BCUT2D eigenvalue weighted by molar-refractivity contribution is 0.102. The van der Waals surface area contributed by atoms with Crippen LogP contribution in [0.4, 0.5) is 5.69 Å². The Morgan fingerprint density at radius 3 is 2.42 bits per heavy atom. The molecule has 2 N–H and O–H groups in total. The molecule has 2 aromatic carbocycles. The zero-order valence-corrected chi connectivity index (χ0v) is 11.4. The van der Waals surface area contributed by atoms with Crippen molar-refractivity contribution in [1.82, 2.24) is 0 Å². The molecular formula is C14H11Cl2NO2. The van der Waals surface area contributed by atoms with Gasteiger partial charge in [0.15, 0.2) is 0 Å². The van der Waals surface area contributed by atoms with Crippen LogP contribution < -0.4 is 5.32 Å². The normalized spacial score (nSPS) is 10.2. The van der Waals surface area contributed by atoms with E-state index in [4.69, 9.17) is 23.2 Å². The number of benzene rings is 2. The Kier molecular flexibility index (Phi) is 4.30. The number of carbonyl (C=O) groups excluding carboxylic acids is 1. The van der Waals surface area contributed by atoms with Crippen molar-refractivity contribution in [3.05, 3.63) is 58.6 Å². The van der Waals surface area contributed by atoms with E-state index in [2.05, 4.69) is 5.32 Å². The van der Waals surface area contributed by atoms with Gasteiger partial charge in [0.05, 0.1) is 5.02 Å². The van der Waals surface area contributed by atoms with Crippen molar-refractivity contribution in [3.8, 4) is 5.75 Å². The number of phenols is 1. The number of amides is 1. The van der Waals surface area contributed by atoms with E-state index in [1.165, 1.54) is 12.1 Å². The average molecular weight is 296 g/mol. The lowest BCUT2D eigenvalue weighted by Gasteiger charge is -2.07. The summed E-state index contributed by atoms with van der Waals surface area (Å²) in [6.45, 7) is 0. The Balaban J connectivity index is 2.13. The van der Waals surface area contributed by atoms with E-state index >= 15 is 0 Å². The van der Waals surface area contributed by atoms with Crippen molar-refractivity contribution in [1.29, 1.82) is 0 Å². The molecule has 2 rings (SSSR count). The number of hydrogen-bond acceptors (Lipinski definition) is 2. The number of carbonyl (C=O) groups is 1. The van der Waals surface area contributed by atoms with Crippen LogP contribution in [0.1, 0.15) is 15.9 Å². The molecule has 0 aliphatic carbocycles. The monoisotopic (exact) mass is 295 g/mol. The summed E-state index contributed by atoms with van der Waals surface area (Å²) >= 11 is 11.4. The third-order valence-electron chi connectivity index (χ3n) is 2.58. The minimum atomic E-state index is -0.247. The molecule has 19 heavy (non-hydrogen) atoms. The van der Waals surface area contributed by atoms with Gasteiger partial charge in [-0.1, -0.05) is 23.7 Å². The zero-order chi connectivity index (χ0) is 13.8. The molecule has 0 spiro atoms. The first-order valence-electron chi connectivity index (χ1n) is 5.55. The van der Waals surface area contributed by atoms with Crippen LogP contribution in [0.15, 0.2) is 42.5 Å². The fourth-order valence-electron chi connectivity index (χ4n) is 1.53. The first-order chi connectivity index (χ1) is 9.10. The summed E-state index contributed by atoms with van der Waals surface area (Å²) in [6.07, 6.45) is 0. The van der Waals surface area contributed by atoms with Gasteiger partial charge >= 0.3 is 0 Å². The van der Waals surface area contributed by atoms with Crippen molar-refractivity contribution in [2.24, 2.45) is 0 Å². The Morgan fingerprint density at radius 1 is 1.16 bits per heavy atom. The largest absolute Gasteiger partial charge is 0.506 e. The molecule has 0 aromatic heterocycles. The molecule has 0 radical (unpaired) electrons. The highest BCUT2D eigenvalue weighted by Gasteiger charge is 2.07. The molecule has 0 fully saturated rings. The third kappa shape index (κ3) is 3.40. The number of rotatable bonds is 3. The number of hydrogen-bond donors (Lipinski definition) is 2. The van der Waals surface area contributed by atoms with Crippen LogP contribution in [0.2, 0.25) is 5.02 Å². The zero-order valence-electron chi connectivity index (χ0n) is 9.86. The van der Waals surface area contributed by atoms with Crippen molar-refractivity contribution in [3.63, 3.8) is 0 Å². The first kappa shape index (κ1) is 13.7. The van der Waals surface area contributed by atoms with Crippen LogP contribution in [0.25, 0.3) is 0 Å². The maximum absolute atomic E-state index is 12.0. The number of aromatic hydroxyl groups is 1. The summed E-state index contributed by atoms with van der Waals surface area (Å²) < 4.78 is 0. The van der Waals surface area contributed by atoms with Crippen LogP contribution in [0.3, 0.4) is 0 Å². The minimum Gasteiger partial charge on any atom is -0.506 e. The molecule has 0 aliphatic rings. The topological polar surface area (TPSA) is 49.3 Å². The van der Waals surface area contributed by atoms with Gasteiger partial charge in [-0.2, -0.15) is 0 Å². The number of halogens is 2. The van der Waals surface area contributed by atoms with Gasteiger partial charge in [-0.15, -0.1) is 11.6 Å². The Bertz CT molecular complexity index is 597. The molecule has 3 nitrogen and oxygen atoms in total. The second-order valence-corrected chi connectivity index (χ2v) is 4.63. The van der Waals surface area contributed by atoms with Gasteiger partial charge in [0.25, 0.3) is 5.91 Å². The van der Waals surface area contributed by atoms with E-state index < -0.39 is 0 Å². The van der Waals surface area contributed by atoms with E-state index in [0.29, 0.717) is 17.1 Å². The summed E-state index contributed by atoms with van der Waals surface area (Å²) in [5, 5.41) is 12.2. The number of anilines is 1. The summed E-state index contributed by atoms with van der Waals surface area (Å²) in [4.78, 5) is 12.0. The van der Waals surface area contributed by atoms with Gasteiger partial charge in [-0.25, -0.2) is 0 Å². The molecule has 0 unspecified atom stereocenters. The van der Waals surface area contributed by atoms with Crippen molar-refractivity contribution >= 4 is 34.8 Å². The molecule has 1 amide bonds. The second-order valence-electron chi connectivity index (χ2n) is 3.95. The van der Waals surface area contributed by atoms with Gasteiger partial charge < -0.3 is 10.4 Å². The van der Waals surface area contributed by atoms with Crippen LogP contribution in [0.5, 0.6) is 5.75 Å². The quantitative estimate of drug-likeness (QED) is 0.663. The first-order valence-corrected chi connectivity index (χ1v) is 6.46. The highest BCUT2D eigenvalue weighted by Crippen LogP contribution is 2.26. The van der Waals surface area contributed by atoms with Crippen molar-refractivity contribution in [2.45, 2.75) is 5.88 Å². The number of alkyl halides is 1. The van der Waals surface area contributed by atoms with Gasteiger partial charge in [0.2, 0.25) is 0 Å². The Morgan fingerprint density at radius 2 is 1.84 bits per heavy atom. The molecule has 0 saturated heterocycles. The summed E-state index contributed by atoms with van der Waals surface area (Å²) in [5.41, 5.74) is 2.00. The molecule has 2 aromatic rings. The molecule has 0 atom stereocenters. The van der Waals surface area contributed by atoms with E-state index in [-0.39, 0.29) is 16.7 Å². The van der Waals surface area contributed by atoms with Crippen LogP contribution in [-0.2, 0) is 5.88 Å². The summed E-state index contributed by atoms with van der Waals surface area (Å²) in [5.74, 6) is 0.143. The van der Waals surface area contributed by atoms with E-state index in [9.17, 15) is 9.90 Å². The maximum Gasteiger partial charge on any atom is 0.255 e. The smallest absolute Gasteiger partial charge is 0.255 e. The highest BCUT2D eigenvalue weighted by molar-refractivity contribution is 6.32. The number of phenolic OH excluding ortho intramolecular Hbond substituents is 1. The van der Waals surface area contributed by atoms with Crippen LogP contribution in [-0.4, -0.2) is 11.0 Å². The molecular weight excluding hydrogens is 285 g/mol. The summed E-state index contributed by atoms with van der Waals surface area (Å²) in [7, 11) is 0. The Hall–Kier alpha value is -1.71. The average Bonchev–Trinajstić information content (AvgIpc) is 2.43. The molecule has 0 saturated carbocycles. The van der Waals surface area contributed by atoms with E-state index in [0.717, 1.165) is 5.56 Å². The second kappa shape index (κ2) is 5.95. The number of nitrogens with one attached hydrogen (secondary N) is 1. The highest BCUT2D eigenvalue weighted by atomic mass is 35.5. The third-order valence-corrected chi connectivity index (χ3v) is 3.19. The van der Waals surface area contributed by atoms with Crippen molar-refractivity contribution in [2.75, 3.05) is 5.32 Å². The van der Waals surface area contributed by atoms with Gasteiger partial charge in [-0.05, 0) is 35.9 Å². The Labute approximate surface area is 120 Å². The van der Waals surface area contributed by atoms with Gasteiger partial charge in [0.1, 0.15) is 5.75 Å². The standard InChI is InChI=1S/C14H11Cl2NO2/c15-8-9-1-3-10(4-2-9)14(19)17-11-5-6-13(18)12(16)7-11/h1-7,18H,8H2,(H,17,19). The fraction of sp³-hybridized carbons (Fsp3) is 0.0714. The predicted molar refractivity (Wildman–Crippen MR) is 77.1 cm³/mol. The minimum absolute atomic E-state index is 0.0221. The van der Waals surface area contributed by atoms with E-state index in [1.54, 1.807) is 30.3 Å². The molecule has 98 valence electrons. The van der Waals surface area contributed by atoms with Crippen LogP contribution >= 0.6 is 23.2 Å². The predicted octanol–water partition coefficient (Wildman–Crippen LogP) is 4.04. The van der Waals surface area contributed by atoms with Crippen molar-refractivity contribution < 1.29 is 9.90 Å².